The summed E-state index contributed by atoms with van der Waals surface area (Å²) < 4.78 is 0. The molecule has 4 nitrogen and oxygen atoms in total. The van der Waals surface area contributed by atoms with Crippen LogP contribution in [0, 0.1) is 11.8 Å². The van der Waals surface area contributed by atoms with Crippen LogP contribution < -0.4 is 0 Å². The van der Waals surface area contributed by atoms with Crippen LogP contribution in [-0.4, -0.2) is 32.7 Å². The molecule has 0 aromatic rings. The number of rotatable bonds is 5. The summed E-state index contributed by atoms with van der Waals surface area (Å²) in [5.74, 6) is -2.83. The van der Waals surface area contributed by atoms with E-state index in [2.05, 4.69) is 0 Å². The van der Waals surface area contributed by atoms with Crippen LogP contribution in [0.2, 0.25) is 0 Å². The second kappa shape index (κ2) is 6.64. The molecular weight excluding hydrogens is 248 g/mol. The normalized spacial score (nSPS) is 11.5. The van der Waals surface area contributed by atoms with E-state index in [4.69, 9.17) is 0 Å². The van der Waals surface area contributed by atoms with Crippen LogP contribution >= 0.6 is 0 Å². The topological polar surface area (TPSA) is 76.9 Å². The summed E-state index contributed by atoms with van der Waals surface area (Å²) in [6.07, 6.45) is 0. The first-order valence-corrected chi connectivity index (χ1v) is 4.34. The van der Waals surface area contributed by atoms with E-state index in [1.807, 2.05) is 0 Å². The van der Waals surface area contributed by atoms with Gasteiger partial charge in [0.05, 0.1) is 0 Å². The molecule has 0 spiro atoms. The summed E-state index contributed by atoms with van der Waals surface area (Å²) in [5.41, 5.74) is 0. The zero-order valence-corrected chi connectivity index (χ0v) is 10.1. The van der Waals surface area contributed by atoms with E-state index < -0.39 is 11.8 Å². The van der Waals surface area contributed by atoms with Crippen LogP contribution in [0.15, 0.2) is 0 Å². The molecule has 0 aromatic heterocycles. The molecular formula is C10H16CuO4+2. The first-order valence-electron chi connectivity index (χ1n) is 4.34. The van der Waals surface area contributed by atoms with Crippen molar-refractivity contribution in [2.45, 2.75) is 27.7 Å². The number of hydrogen-bond acceptors (Lipinski definition) is 2. The summed E-state index contributed by atoms with van der Waals surface area (Å²) >= 11 is 0. The molecule has 0 saturated carbocycles. The summed E-state index contributed by atoms with van der Waals surface area (Å²) in [6, 6.07) is 0. The third-order valence-corrected chi connectivity index (χ3v) is 2.11. The number of ketones is 4. The van der Waals surface area contributed by atoms with Crippen molar-refractivity contribution in [2.24, 2.45) is 11.8 Å². The van der Waals surface area contributed by atoms with Crippen molar-refractivity contribution in [3.63, 3.8) is 0 Å². The van der Waals surface area contributed by atoms with Gasteiger partial charge in [-0.25, -0.2) is 0 Å². The summed E-state index contributed by atoms with van der Waals surface area (Å²) in [4.78, 5) is 40.9. The van der Waals surface area contributed by atoms with Crippen LogP contribution in [0.25, 0.3) is 0 Å². The summed E-state index contributed by atoms with van der Waals surface area (Å²) in [7, 11) is 0. The van der Waals surface area contributed by atoms with Gasteiger partial charge in [-0.15, -0.1) is 0 Å². The predicted octanol–water partition coefficient (Wildman–Crippen LogP) is 0.524. The van der Waals surface area contributed by atoms with E-state index in [1.165, 1.54) is 27.7 Å². The molecule has 0 bridgehead atoms. The minimum Gasteiger partial charge on any atom is -0.299 e. The van der Waals surface area contributed by atoms with Gasteiger partial charge in [-0.2, -0.15) is 0 Å². The van der Waals surface area contributed by atoms with Gasteiger partial charge >= 0.3 is 11.6 Å². The SMILES string of the molecule is CC(=O)C(C(C)=O)C(C(C)=[OH+])C(C)=[OH+].[Cu]. The number of hydrogen-bond donors (Lipinski definition) is 0. The Morgan fingerprint density at radius 3 is 1.13 bits per heavy atom. The molecule has 0 aromatic carbocycles. The molecule has 0 amide bonds. The van der Waals surface area contributed by atoms with Crippen molar-refractivity contribution >= 4 is 23.1 Å². The van der Waals surface area contributed by atoms with Crippen LogP contribution in [0.5, 0.6) is 0 Å². The van der Waals surface area contributed by atoms with Crippen LogP contribution in [0.3, 0.4) is 0 Å². The molecule has 0 fully saturated rings. The smallest absolute Gasteiger partial charge is 0.299 e. The van der Waals surface area contributed by atoms with Gasteiger partial charge in [-0.3, -0.25) is 19.2 Å². The zero-order chi connectivity index (χ0) is 11.5. The molecule has 0 aliphatic rings. The van der Waals surface area contributed by atoms with E-state index in [-0.39, 0.29) is 40.2 Å². The fraction of sp³-hybridized carbons (Fsp3) is 0.600. The molecule has 0 aliphatic heterocycles. The molecule has 0 heterocycles. The Morgan fingerprint density at radius 1 is 0.800 bits per heavy atom. The van der Waals surface area contributed by atoms with Gasteiger partial charge in [0.25, 0.3) is 0 Å². The molecule has 0 rings (SSSR count). The Morgan fingerprint density at radius 2 is 1.07 bits per heavy atom. The van der Waals surface area contributed by atoms with Gasteiger partial charge in [-0.1, -0.05) is 0 Å². The average molecular weight is 264 g/mol. The van der Waals surface area contributed by atoms with Gasteiger partial charge < -0.3 is 0 Å². The van der Waals surface area contributed by atoms with E-state index in [0.29, 0.717) is 0 Å². The second-order valence-corrected chi connectivity index (χ2v) is 3.46. The monoisotopic (exact) mass is 263 g/mol. The van der Waals surface area contributed by atoms with Gasteiger partial charge in [0.2, 0.25) is 0 Å². The molecule has 5 heteroatoms. The van der Waals surface area contributed by atoms with Crippen LogP contribution in [-0.2, 0) is 26.7 Å². The van der Waals surface area contributed by atoms with E-state index >= 15 is 0 Å². The minimum absolute atomic E-state index is 0. The van der Waals surface area contributed by atoms with Crippen molar-refractivity contribution in [3.05, 3.63) is 0 Å². The van der Waals surface area contributed by atoms with Gasteiger partial charge in [-0.05, 0) is 13.8 Å². The number of carbonyl (C=O) groups is 2. The predicted molar refractivity (Wildman–Crippen MR) is 53.6 cm³/mol. The van der Waals surface area contributed by atoms with Gasteiger partial charge in [0.15, 0.2) is 5.92 Å². The van der Waals surface area contributed by atoms with Crippen LogP contribution in [0.1, 0.15) is 27.7 Å². The number of carbonyl (C=O) groups excluding carboxylic acids is 4. The number of Topliss-reactive ketones (excluding diaryl/α,β-unsaturated/α-hetero) is 2. The Kier molecular flexibility index (Phi) is 7.36. The maximum absolute atomic E-state index is 11.2. The fourth-order valence-corrected chi connectivity index (χ4v) is 1.54. The molecule has 0 aliphatic carbocycles. The van der Waals surface area contributed by atoms with E-state index in [1.54, 1.807) is 0 Å². The molecule has 2 N–H and O–H groups in total. The first-order chi connectivity index (χ1) is 6.29. The average Bonchev–Trinajstić information content (AvgIpc) is 1.96. The van der Waals surface area contributed by atoms with Crippen LogP contribution in [0.4, 0.5) is 0 Å². The van der Waals surface area contributed by atoms with Crippen molar-refractivity contribution in [2.75, 3.05) is 0 Å². The summed E-state index contributed by atoms with van der Waals surface area (Å²) in [6.45, 7) is 5.27. The molecule has 0 atom stereocenters. The molecule has 0 saturated heterocycles. The third-order valence-electron chi connectivity index (χ3n) is 2.11. The van der Waals surface area contributed by atoms with Crippen molar-refractivity contribution in [1.29, 1.82) is 0 Å². The summed E-state index contributed by atoms with van der Waals surface area (Å²) in [5, 5.41) is 0. The van der Waals surface area contributed by atoms with E-state index in [0.717, 1.165) is 0 Å². The fourth-order valence-electron chi connectivity index (χ4n) is 1.54. The molecule has 1 radical (unpaired) electrons. The maximum Gasteiger partial charge on any atom is 0.307 e. The largest absolute Gasteiger partial charge is 0.307 e. The molecule has 0 unspecified atom stereocenters. The Bertz CT molecular complexity index is 238. The Hall–Kier alpha value is -0.801. The zero-order valence-electron chi connectivity index (χ0n) is 9.17. The first kappa shape index (κ1) is 16.6. The van der Waals surface area contributed by atoms with Gasteiger partial charge in [0.1, 0.15) is 17.5 Å². The van der Waals surface area contributed by atoms with Crippen molar-refractivity contribution in [1.82, 2.24) is 0 Å². The Balaban J connectivity index is 0. The van der Waals surface area contributed by atoms with Gasteiger partial charge in [0, 0.05) is 30.9 Å². The second-order valence-electron chi connectivity index (χ2n) is 3.46. The maximum atomic E-state index is 11.2. The van der Waals surface area contributed by atoms with E-state index in [9.17, 15) is 19.2 Å². The Labute approximate surface area is 99.3 Å². The quantitative estimate of drug-likeness (QED) is 0.412. The molecule has 89 valence electrons. The van der Waals surface area contributed by atoms with Crippen molar-refractivity contribution < 1.29 is 36.2 Å². The third kappa shape index (κ3) is 4.49. The standard InChI is InChI=1S/C10H14O4.Cu/c1-5(11)9(6(2)12)10(7(3)13)8(4)14;/h9-10H,1-4H3;/p+2. The minimum atomic E-state index is -0.981. The van der Waals surface area contributed by atoms with Crippen molar-refractivity contribution in [3.8, 4) is 0 Å². The molecule has 15 heavy (non-hydrogen) atoms.